The van der Waals surface area contributed by atoms with Crippen LogP contribution in [0.5, 0.6) is 5.75 Å². The summed E-state index contributed by atoms with van der Waals surface area (Å²) in [5, 5.41) is 15.1. The van der Waals surface area contributed by atoms with Crippen molar-refractivity contribution in [3.05, 3.63) is 24.3 Å². The Kier molecular flexibility index (Phi) is 6.52. The number of anilines is 1. The van der Waals surface area contributed by atoms with Crippen molar-refractivity contribution >= 4 is 11.7 Å². The minimum absolute atomic E-state index is 0.0379. The van der Waals surface area contributed by atoms with Gasteiger partial charge in [0.1, 0.15) is 5.75 Å². The number of hydrogen-bond acceptors (Lipinski definition) is 3. The van der Waals surface area contributed by atoms with Gasteiger partial charge in [0, 0.05) is 24.4 Å². The van der Waals surface area contributed by atoms with Crippen molar-refractivity contribution in [3.63, 3.8) is 0 Å². The van der Waals surface area contributed by atoms with E-state index in [0.717, 1.165) is 12.8 Å². The summed E-state index contributed by atoms with van der Waals surface area (Å²) in [6, 6.07) is 7.08. The number of aliphatic hydroxyl groups excluding tert-OH is 1. The van der Waals surface area contributed by atoms with Gasteiger partial charge >= 0.3 is 6.03 Å². The van der Waals surface area contributed by atoms with Crippen LogP contribution in [0.15, 0.2) is 24.3 Å². The molecule has 2 amide bonds. The maximum atomic E-state index is 12.2. The molecule has 1 aromatic rings. The quantitative estimate of drug-likeness (QED) is 0.756. The zero-order valence-corrected chi connectivity index (χ0v) is 13.2. The van der Waals surface area contributed by atoms with Crippen molar-refractivity contribution in [3.8, 4) is 5.75 Å². The Balaban J connectivity index is 1.92. The van der Waals surface area contributed by atoms with Crippen LogP contribution < -0.4 is 15.4 Å². The maximum Gasteiger partial charge on any atom is 0.319 e. The second-order valence-corrected chi connectivity index (χ2v) is 5.85. The van der Waals surface area contributed by atoms with Crippen LogP contribution in [0.25, 0.3) is 0 Å². The number of carbonyl (C=O) groups excluding carboxylic acids is 1. The van der Waals surface area contributed by atoms with Crippen LogP contribution in [0.4, 0.5) is 10.5 Å². The lowest BCUT2D eigenvalue weighted by atomic mass is 9.83. The number of carbonyl (C=O) groups is 1. The lowest BCUT2D eigenvalue weighted by Crippen LogP contribution is -2.43. The highest BCUT2D eigenvalue weighted by molar-refractivity contribution is 5.89. The zero-order chi connectivity index (χ0) is 15.8. The Morgan fingerprint density at radius 1 is 1.36 bits per heavy atom. The Labute approximate surface area is 132 Å². The molecule has 0 aliphatic heterocycles. The highest BCUT2D eigenvalue weighted by Crippen LogP contribution is 2.27. The van der Waals surface area contributed by atoms with Gasteiger partial charge in [0.15, 0.2) is 0 Å². The first-order valence-electron chi connectivity index (χ1n) is 8.05. The fraction of sp³-hybridized carbons (Fsp3) is 0.588. The van der Waals surface area contributed by atoms with E-state index in [0.29, 0.717) is 23.8 Å². The Morgan fingerprint density at radius 2 is 2.14 bits per heavy atom. The molecule has 22 heavy (non-hydrogen) atoms. The first-order valence-corrected chi connectivity index (χ1v) is 8.05. The summed E-state index contributed by atoms with van der Waals surface area (Å²) in [6.45, 7) is 0.0978. The van der Waals surface area contributed by atoms with Gasteiger partial charge in [-0.3, -0.25) is 0 Å². The molecule has 122 valence electrons. The van der Waals surface area contributed by atoms with E-state index in [2.05, 4.69) is 10.6 Å². The van der Waals surface area contributed by atoms with Gasteiger partial charge in [-0.25, -0.2) is 4.79 Å². The molecule has 0 bridgehead atoms. The third kappa shape index (κ3) is 4.91. The van der Waals surface area contributed by atoms with Gasteiger partial charge in [0.05, 0.1) is 7.11 Å². The van der Waals surface area contributed by atoms with Crippen LogP contribution >= 0.6 is 0 Å². The normalized spacial score (nSPS) is 16.8. The average molecular weight is 306 g/mol. The van der Waals surface area contributed by atoms with Crippen molar-refractivity contribution in [2.24, 2.45) is 5.92 Å². The number of ether oxygens (including phenoxy) is 1. The van der Waals surface area contributed by atoms with E-state index < -0.39 is 0 Å². The highest BCUT2D eigenvalue weighted by Gasteiger charge is 2.24. The molecule has 1 saturated carbocycles. The predicted octanol–water partition coefficient (Wildman–Crippen LogP) is 3.15. The predicted molar refractivity (Wildman–Crippen MR) is 87.2 cm³/mol. The van der Waals surface area contributed by atoms with Gasteiger partial charge in [0.25, 0.3) is 0 Å². The standard InChI is InChI=1S/C17H26N2O3/c1-22-15-9-5-8-14(12-15)18-17(21)19-16(10-11-20)13-6-3-2-4-7-13/h5,8-9,12-13,16,20H,2-4,6-7,10-11H2,1H3,(H2,18,19,21). The van der Waals surface area contributed by atoms with Crippen LogP contribution in [0.2, 0.25) is 0 Å². The van der Waals surface area contributed by atoms with Crippen molar-refractivity contribution in [1.29, 1.82) is 0 Å². The molecule has 0 spiro atoms. The summed E-state index contributed by atoms with van der Waals surface area (Å²) in [5.74, 6) is 1.17. The number of amides is 2. The molecule has 1 aliphatic carbocycles. The van der Waals surface area contributed by atoms with Crippen molar-refractivity contribution in [2.45, 2.75) is 44.6 Å². The first kappa shape index (κ1) is 16.6. The molecule has 0 saturated heterocycles. The minimum Gasteiger partial charge on any atom is -0.497 e. The number of aliphatic hydroxyl groups is 1. The van der Waals surface area contributed by atoms with Crippen molar-refractivity contribution in [1.82, 2.24) is 5.32 Å². The third-order valence-corrected chi connectivity index (χ3v) is 4.30. The Morgan fingerprint density at radius 3 is 2.82 bits per heavy atom. The monoisotopic (exact) mass is 306 g/mol. The summed E-state index contributed by atoms with van der Waals surface area (Å²) >= 11 is 0. The largest absolute Gasteiger partial charge is 0.497 e. The lowest BCUT2D eigenvalue weighted by Gasteiger charge is -2.30. The summed E-state index contributed by atoms with van der Waals surface area (Å²) in [5.41, 5.74) is 0.697. The summed E-state index contributed by atoms with van der Waals surface area (Å²) < 4.78 is 5.15. The van der Waals surface area contributed by atoms with E-state index in [9.17, 15) is 9.90 Å². The fourth-order valence-electron chi connectivity index (χ4n) is 3.14. The van der Waals surface area contributed by atoms with Gasteiger partial charge in [0.2, 0.25) is 0 Å². The van der Waals surface area contributed by atoms with Crippen LogP contribution in [-0.4, -0.2) is 30.9 Å². The number of benzene rings is 1. The fourth-order valence-corrected chi connectivity index (χ4v) is 3.14. The molecule has 5 nitrogen and oxygen atoms in total. The molecular weight excluding hydrogens is 280 g/mol. The SMILES string of the molecule is COc1cccc(NC(=O)NC(CCO)C2CCCCC2)c1. The van der Waals surface area contributed by atoms with E-state index in [-0.39, 0.29) is 18.7 Å². The minimum atomic E-state index is -0.225. The number of hydrogen-bond donors (Lipinski definition) is 3. The summed E-state index contributed by atoms with van der Waals surface area (Å²) in [7, 11) is 1.60. The number of urea groups is 1. The van der Waals surface area contributed by atoms with Gasteiger partial charge in [-0.1, -0.05) is 25.3 Å². The Bertz CT molecular complexity index is 473. The summed E-state index contributed by atoms with van der Waals surface area (Å²) in [6.07, 6.45) is 6.57. The second kappa shape index (κ2) is 8.63. The molecule has 1 unspecified atom stereocenters. The second-order valence-electron chi connectivity index (χ2n) is 5.85. The highest BCUT2D eigenvalue weighted by atomic mass is 16.5. The Hall–Kier alpha value is -1.75. The van der Waals surface area contributed by atoms with Crippen molar-refractivity contribution < 1.29 is 14.6 Å². The molecule has 0 heterocycles. The van der Waals surface area contributed by atoms with Gasteiger partial charge in [-0.15, -0.1) is 0 Å². The van der Waals surface area contributed by atoms with Gasteiger partial charge in [-0.2, -0.15) is 0 Å². The van der Waals surface area contributed by atoms with Crippen LogP contribution in [0.1, 0.15) is 38.5 Å². The van der Waals surface area contributed by atoms with E-state index in [1.807, 2.05) is 18.2 Å². The van der Waals surface area contributed by atoms with E-state index in [1.165, 1.54) is 19.3 Å². The molecule has 1 atom stereocenters. The maximum absolute atomic E-state index is 12.2. The molecule has 1 aromatic carbocycles. The first-order chi connectivity index (χ1) is 10.7. The molecular formula is C17H26N2O3. The molecule has 1 aliphatic rings. The van der Waals surface area contributed by atoms with Gasteiger partial charge < -0.3 is 20.5 Å². The molecule has 1 fully saturated rings. The zero-order valence-electron chi connectivity index (χ0n) is 13.2. The molecule has 0 radical (unpaired) electrons. The number of methoxy groups -OCH3 is 1. The van der Waals surface area contributed by atoms with E-state index in [1.54, 1.807) is 13.2 Å². The number of rotatable bonds is 6. The van der Waals surface area contributed by atoms with Crippen LogP contribution in [0.3, 0.4) is 0 Å². The van der Waals surface area contributed by atoms with E-state index >= 15 is 0 Å². The third-order valence-electron chi connectivity index (χ3n) is 4.30. The average Bonchev–Trinajstić information content (AvgIpc) is 2.55. The summed E-state index contributed by atoms with van der Waals surface area (Å²) in [4.78, 5) is 12.2. The van der Waals surface area contributed by atoms with Crippen LogP contribution in [-0.2, 0) is 0 Å². The van der Waals surface area contributed by atoms with Crippen LogP contribution in [0, 0.1) is 5.92 Å². The lowest BCUT2D eigenvalue weighted by molar-refractivity contribution is 0.202. The van der Waals surface area contributed by atoms with Gasteiger partial charge in [-0.05, 0) is 37.3 Å². The van der Waals surface area contributed by atoms with Crippen molar-refractivity contribution in [2.75, 3.05) is 19.0 Å². The molecule has 3 N–H and O–H groups in total. The molecule has 5 heteroatoms. The smallest absolute Gasteiger partial charge is 0.319 e. The van der Waals surface area contributed by atoms with E-state index in [4.69, 9.17) is 4.74 Å². The molecule has 2 rings (SSSR count). The topological polar surface area (TPSA) is 70.6 Å². The molecule has 0 aromatic heterocycles. The number of nitrogens with one attached hydrogen (secondary N) is 2.